The monoisotopic (exact) mass is 223 g/mol. The van der Waals surface area contributed by atoms with E-state index in [1.54, 1.807) is 0 Å². The van der Waals surface area contributed by atoms with E-state index in [0.29, 0.717) is 0 Å². The highest BCUT2D eigenvalue weighted by atomic mass is 15.0. The maximum Gasteiger partial charge on any atom is 0.0945 e. The van der Waals surface area contributed by atoms with Crippen molar-refractivity contribution in [3.05, 3.63) is 18.7 Å². The number of rotatable bonds is 9. The van der Waals surface area contributed by atoms with Crippen molar-refractivity contribution >= 4 is 0 Å². The molecule has 92 valence electrons. The van der Waals surface area contributed by atoms with Crippen LogP contribution in [-0.4, -0.2) is 22.1 Å². The van der Waals surface area contributed by atoms with Gasteiger partial charge < -0.3 is 9.88 Å². The second kappa shape index (κ2) is 8.34. The average Bonchev–Trinajstić information content (AvgIpc) is 2.78. The van der Waals surface area contributed by atoms with Gasteiger partial charge in [0.05, 0.1) is 6.33 Å². The molecule has 0 aliphatic heterocycles. The van der Waals surface area contributed by atoms with Gasteiger partial charge in [-0.05, 0) is 25.8 Å². The number of aromatic nitrogens is 2. The van der Waals surface area contributed by atoms with E-state index in [1.165, 1.54) is 32.1 Å². The topological polar surface area (TPSA) is 29.9 Å². The third-order valence-corrected chi connectivity index (χ3v) is 2.86. The fraction of sp³-hybridized carbons (Fsp3) is 0.769. The van der Waals surface area contributed by atoms with Crippen LogP contribution in [0.4, 0.5) is 0 Å². The fourth-order valence-corrected chi connectivity index (χ4v) is 2.03. The van der Waals surface area contributed by atoms with Gasteiger partial charge >= 0.3 is 0 Å². The third kappa shape index (κ3) is 5.31. The van der Waals surface area contributed by atoms with Gasteiger partial charge in [-0.2, -0.15) is 0 Å². The van der Waals surface area contributed by atoms with Gasteiger partial charge in [-0.25, -0.2) is 4.98 Å². The summed E-state index contributed by atoms with van der Waals surface area (Å²) < 4.78 is 2.14. The van der Waals surface area contributed by atoms with Crippen LogP contribution >= 0.6 is 0 Å². The minimum Gasteiger partial charge on any atom is -0.337 e. The number of hydrogen-bond donors (Lipinski definition) is 1. The molecule has 1 heterocycles. The van der Waals surface area contributed by atoms with E-state index in [-0.39, 0.29) is 0 Å². The molecule has 3 heteroatoms. The second-order valence-electron chi connectivity index (χ2n) is 4.38. The molecule has 0 fully saturated rings. The summed E-state index contributed by atoms with van der Waals surface area (Å²) in [6.45, 7) is 6.70. The maximum absolute atomic E-state index is 4.04. The third-order valence-electron chi connectivity index (χ3n) is 2.86. The molecule has 0 aliphatic carbocycles. The minimum absolute atomic E-state index is 0.720. The summed E-state index contributed by atoms with van der Waals surface area (Å²) in [6, 6.07) is 0.720. The van der Waals surface area contributed by atoms with Gasteiger partial charge in [0.2, 0.25) is 0 Å². The summed E-state index contributed by atoms with van der Waals surface area (Å²) in [5.41, 5.74) is 0. The Kier molecular flexibility index (Phi) is 6.90. The molecule has 0 aliphatic rings. The number of hydrogen-bond acceptors (Lipinski definition) is 2. The van der Waals surface area contributed by atoms with Crippen LogP contribution in [0.15, 0.2) is 18.7 Å². The smallest absolute Gasteiger partial charge is 0.0945 e. The van der Waals surface area contributed by atoms with Crippen LogP contribution in [0.3, 0.4) is 0 Å². The lowest BCUT2D eigenvalue weighted by Crippen LogP contribution is -2.30. The van der Waals surface area contributed by atoms with Crippen molar-refractivity contribution < 1.29 is 0 Å². The quantitative estimate of drug-likeness (QED) is 0.652. The van der Waals surface area contributed by atoms with Crippen molar-refractivity contribution in [2.75, 3.05) is 6.54 Å². The molecule has 1 aromatic rings. The Labute approximate surface area is 99.3 Å². The molecule has 0 saturated carbocycles. The van der Waals surface area contributed by atoms with Crippen molar-refractivity contribution in [1.29, 1.82) is 0 Å². The Morgan fingerprint density at radius 1 is 1.25 bits per heavy atom. The molecule has 0 atom stereocenters. The second-order valence-corrected chi connectivity index (χ2v) is 4.38. The Hall–Kier alpha value is -0.830. The van der Waals surface area contributed by atoms with Gasteiger partial charge in [-0.3, -0.25) is 0 Å². The van der Waals surface area contributed by atoms with Crippen molar-refractivity contribution in [3.8, 4) is 0 Å². The first-order chi connectivity index (χ1) is 7.86. The lowest BCUT2D eigenvalue weighted by Gasteiger charge is -2.17. The van der Waals surface area contributed by atoms with Crippen LogP contribution in [-0.2, 0) is 6.54 Å². The van der Waals surface area contributed by atoms with Gasteiger partial charge in [0.1, 0.15) is 0 Å². The molecule has 16 heavy (non-hydrogen) atoms. The Morgan fingerprint density at radius 3 is 2.56 bits per heavy atom. The summed E-state index contributed by atoms with van der Waals surface area (Å²) in [4.78, 5) is 4.04. The zero-order valence-electron chi connectivity index (χ0n) is 10.7. The van der Waals surface area contributed by atoms with E-state index >= 15 is 0 Å². The van der Waals surface area contributed by atoms with Crippen molar-refractivity contribution in [2.45, 2.75) is 58.5 Å². The lowest BCUT2D eigenvalue weighted by atomic mass is 10.1. The predicted molar refractivity (Wildman–Crippen MR) is 68.5 cm³/mol. The molecule has 1 aromatic heterocycles. The molecule has 1 rings (SSSR count). The Balaban J connectivity index is 2.08. The minimum atomic E-state index is 0.720. The van der Waals surface area contributed by atoms with E-state index in [9.17, 15) is 0 Å². The largest absolute Gasteiger partial charge is 0.337 e. The van der Waals surface area contributed by atoms with Crippen LogP contribution in [0.25, 0.3) is 0 Å². The lowest BCUT2D eigenvalue weighted by molar-refractivity contribution is 0.432. The summed E-state index contributed by atoms with van der Waals surface area (Å²) in [5.74, 6) is 0. The molecule has 0 radical (unpaired) electrons. The van der Waals surface area contributed by atoms with Crippen LogP contribution in [0.5, 0.6) is 0 Å². The van der Waals surface area contributed by atoms with E-state index < -0.39 is 0 Å². The van der Waals surface area contributed by atoms with Gasteiger partial charge in [0, 0.05) is 25.0 Å². The normalized spacial score (nSPS) is 11.2. The zero-order valence-corrected chi connectivity index (χ0v) is 10.7. The highest BCUT2D eigenvalue weighted by molar-refractivity contribution is 4.74. The standard InChI is InChI=1S/C13H25N3/c1-3-6-13(7-4-2)15-8-5-10-16-11-9-14-12-16/h9,11-13,15H,3-8,10H2,1-2H3. The molecule has 0 spiro atoms. The molecule has 0 amide bonds. The summed E-state index contributed by atoms with van der Waals surface area (Å²) in [5, 5.41) is 3.65. The maximum atomic E-state index is 4.04. The number of nitrogens with zero attached hydrogens (tertiary/aromatic N) is 2. The molecular formula is C13H25N3. The fourth-order valence-electron chi connectivity index (χ4n) is 2.03. The van der Waals surface area contributed by atoms with Crippen LogP contribution < -0.4 is 5.32 Å². The summed E-state index contributed by atoms with van der Waals surface area (Å²) >= 11 is 0. The van der Waals surface area contributed by atoms with Crippen molar-refractivity contribution in [3.63, 3.8) is 0 Å². The average molecular weight is 223 g/mol. The zero-order chi connectivity index (χ0) is 11.6. The van der Waals surface area contributed by atoms with Crippen LogP contribution in [0.1, 0.15) is 46.0 Å². The summed E-state index contributed by atoms with van der Waals surface area (Å²) in [7, 11) is 0. The van der Waals surface area contributed by atoms with Crippen molar-refractivity contribution in [1.82, 2.24) is 14.9 Å². The van der Waals surface area contributed by atoms with E-state index in [0.717, 1.165) is 19.1 Å². The van der Waals surface area contributed by atoms with E-state index in [2.05, 4.69) is 28.7 Å². The van der Waals surface area contributed by atoms with Gasteiger partial charge in [0.15, 0.2) is 0 Å². The van der Waals surface area contributed by atoms with Crippen molar-refractivity contribution in [2.24, 2.45) is 0 Å². The predicted octanol–water partition coefficient (Wildman–Crippen LogP) is 2.83. The van der Waals surface area contributed by atoms with Crippen LogP contribution in [0, 0.1) is 0 Å². The number of nitrogens with one attached hydrogen (secondary N) is 1. The Bertz CT molecular complexity index is 238. The molecule has 0 bridgehead atoms. The first kappa shape index (κ1) is 13.2. The van der Waals surface area contributed by atoms with Gasteiger partial charge in [-0.1, -0.05) is 26.7 Å². The molecule has 0 unspecified atom stereocenters. The Morgan fingerprint density at radius 2 is 2.00 bits per heavy atom. The highest BCUT2D eigenvalue weighted by Crippen LogP contribution is 2.04. The first-order valence-corrected chi connectivity index (χ1v) is 6.56. The number of imidazole rings is 1. The van der Waals surface area contributed by atoms with Crippen LogP contribution in [0.2, 0.25) is 0 Å². The SMILES string of the molecule is CCCC(CCC)NCCCn1ccnc1. The molecule has 0 aromatic carbocycles. The first-order valence-electron chi connectivity index (χ1n) is 6.56. The highest BCUT2D eigenvalue weighted by Gasteiger charge is 2.04. The van der Waals surface area contributed by atoms with Gasteiger partial charge in [-0.15, -0.1) is 0 Å². The summed E-state index contributed by atoms with van der Waals surface area (Å²) in [6.07, 6.45) is 12.1. The van der Waals surface area contributed by atoms with E-state index in [1.807, 2.05) is 18.7 Å². The number of aryl methyl sites for hydroxylation is 1. The van der Waals surface area contributed by atoms with Gasteiger partial charge in [0.25, 0.3) is 0 Å². The molecule has 1 N–H and O–H groups in total. The molecular weight excluding hydrogens is 198 g/mol. The van der Waals surface area contributed by atoms with E-state index in [4.69, 9.17) is 0 Å². The molecule has 3 nitrogen and oxygen atoms in total. The molecule has 0 saturated heterocycles.